The second kappa shape index (κ2) is 5.77. The number of esters is 1. The van der Waals surface area contributed by atoms with Crippen LogP contribution in [0.2, 0.25) is 0 Å². The van der Waals surface area contributed by atoms with E-state index >= 15 is 0 Å². The topological polar surface area (TPSA) is 26.3 Å². The number of rotatable bonds is 5. The van der Waals surface area contributed by atoms with Crippen LogP contribution in [-0.2, 0) is 28.8 Å². The lowest BCUT2D eigenvalue weighted by Crippen LogP contribution is -2.10. The van der Waals surface area contributed by atoms with Crippen molar-refractivity contribution in [2.24, 2.45) is 5.92 Å². The first-order chi connectivity index (χ1) is 9.34. The molecule has 2 heteroatoms. The Morgan fingerprint density at radius 2 is 2.05 bits per heavy atom. The number of fused-ring (bicyclic) bond motifs is 1. The van der Waals surface area contributed by atoms with Crippen LogP contribution in [0.15, 0.2) is 18.2 Å². The Labute approximate surface area is 115 Å². The molecule has 2 aliphatic rings. The van der Waals surface area contributed by atoms with Gasteiger partial charge in [0.2, 0.25) is 0 Å². The van der Waals surface area contributed by atoms with Crippen LogP contribution in [0.4, 0.5) is 0 Å². The quantitative estimate of drug-likeness (QED) is 0.597. The Hall–Kier alpha value is -1.31. The van der Waals surface area contributed by atoms with Crippen molar-refractivity contribution >= 4 is 5.97 Å². The van der Waals surface area contributed by atoms with E-state index in [1.807, 2.05) is 0 Å². The van der Waals surface area contributed by atoms with Crippen molar-refractivity contribution in [3.05, 3.63) is 34.9 Å². The average Bonchev–Trinajstić information content (AvgIpc) is 3.28. The van der Waals surface area contributed by atoms with Crippen LogP contribution < -0.4 is 0 Å². The summed E-state index contributed by atoms with van der Waals surface area (Å²) >= 11 is 0. The van der Waals surface area contributed by atoms with Gasteiger partial charge in [0.15, 0.2) is 0 Å². The number of hydrogen-bond donors (Lipinski definition) is 0. The molecule has 0 saturated heterocycles. The van der Waals surface area contributed by atoms with E-state index in [1.165, 1.54) is 31.2 Å². The van der Waals surface area contributed by atoms with E-state index in [1.54, 1.807) is 11.1 Å². The normalized spacial score (nSPS) is 17.9. The Bertz CT molecular complexity index is 460. The number of aryl methyl sites for hydroxylation is 2. The largest absolute Gasteiger partial charge is 0.465 e. The maximum absolute atomic E-state index is 11.4. The first-order valence-electron chi connectivity index (χ1n) is 7.61. The first-order valence-corrected chi connectivity index (χ1v) is 7.61. The minimum Gasteiger partial charge on any atom is -0.465 e. The second-order valence-electron chi connectivity index (χ2n) is 5.81. The van der Waals surface area contributed by atoms with Crippen LogP contribution in [0.25, 0.3) is 0 Å². The second-order valence-corrected chi connectivity index (χ2v) is 5.81. The van der Waals surface area contributed by atoms with Gasteiger partial charge in [-0.2, -0.15) is 0 Å². The summed E-state index contributed by atoms with van der Waals surface area (Å²) in [7, 11) is 0. The molecule has 0 bridgehead atoms. The van der Waals surface area contributed by atoms with Crippen LogP contribution in [0.5, 0.6) is 0 Å². The third kappa shape index (κ3) is 3.17. The van der Waals surface area contributed by atoms with E-state index in [0.29, 0.717) is 6.61 Å². The van der Waals surface area contributed by atoms with Crippen LogP contribution in [-0.4, -0.2) is 12.6 Å². The minimum atomic E-state index is 0.0232. The minimum absolute atomic E-state index is 0.0232. The summed E-state index contributed by atoms with van der Waals surface area (Å²) in [6.07, 6.45) is 9.18. The number of ether oxygens (including phenoxy) is 1. The summed E-state index contributed by atoms with van der Waals surface area (Å²) < 4.78 is 5.29. The van der Waals surface area contributed by atoms with Crippen molar-refractivity contribution in [2.75, 3.05) is 6.61 Å². The molecule has 1 aromatic carbocycles. The van der Waals surface area contributed by atoms with Gasteiger partial charge >= 0.3 is 5.97 Å². The molecule has 2 aliphatic carbocycles. The lowest BCUT2D eigenvalue weighted by Gasteiger charge is -2.19. The van der Waals surface area contributed by atoms with Crippen molar-refractivity contribution in [3.63, 3.8) is 0 Å². The maximum atomic E-state index is 11.4. The highest BCUT2D eigenvalue weighted by Gasteiger charge is 2.30. The highest BCUT2D eigenvalue weighted by Crippen LogP contribution is 2.30. The SMILES string of the molecule is O=C(OCCCc1cccc2c1CCCC2)C1CC1. The predicted octanol–water partition coefficient (Wildman–Crippen LogP) is 3.45. The van der Waals surface area contributed by atoms with Crippen molar-refractivity contribution in [2.45, 2.75) is 51.4 Å². The third-order valence-corrected chi connectivity index (χ3v) is 4.24. The molecule has 0 aliphatic heterocycles. The third-order valence-electron chi connectivity index (χ3n) is 4.24. The fourth-order valence-corrected chi connectivity index (χ4v) is 2.97. The molecule has 3 rings (SSSR count). The monoisotopic (exact) mass is 258 g/mol. The smallest absolute Gasteiger partial charge is 0.308 e. The van der Waals surface area contributed by atoms with Gasteiger partial charge in [0.1, 0.15) is 0 Å². The number of benzene rings is 1. The molecule has 0 radical (unpaired) electrons. The van der Waals surface area contributed by atoms with E-state index in [9.17, 15) is 4.79 Å². The fraction of sp³-hybridized carbons (Fsp3) is 0.588. The molecule has 1 saturated carbocycles. The molecular formula is C17H22O2. The van der Waals surface area contributed by atoms with Gasteiger partial charge in [-0.1, -0.05) is 18.2 Å². The van der Waals surface area contributed by atoms with Crippen molar-refractivity contribution in [1.82, 2.24) is 0 Å². The van der Waals surface area contributed by atoms with Crippen LogP contribution in [0.1, 0.15) is 48.8 Å². The van der Waals surface area contributed by atoms with Crippen molar-refractivity contribution in [3.8, 4) is 0 Å². The van der Waals surface area contributed by atoms with Gasteiger partial charge in [0.05, 0.1) is 12.5 Å². The summed E-state index contributed by atoms with van der Waals surface area (Å²) in [5.74, 6) is 0.250. The van der Waals surface area contributed by atoms with Gasteiger partial charge in [-0.25, -0.2) is 0 Å². The highest BCUT2D eigenvalue weighted by molar-refractivity contribution is 5.74. The van der Waals surface area contributed by atoms with E-state index < -0.39 is 0 Å². The van der Waals surface area contributed by atoms with Gasteiger partial charge in [0.25, 0.3) is 0 Å². The Kier molecular flexibility index (Phi) is 3.86. The summed E-state index contributed by atoms with van der Waals surface area (Å²) in [5.41, 5.74) is 4.58. The molecule has 0 aromatic heterocycles. The molecular weight excluding hydrogens is 236 g/mol. The molecule has 0 unspecified atom stereocenters. The molecule has 1 aromatic rings. The molecule has 102 valence electrons. The van der Waals surface area contributed by atoms with Gasteiger partial charge < -0.3 is 4.74 Å². The molecule has 1 fully saturated rings. The zero-order chi connectivity index (χ0) is 13.1. The van der Waals surface area contributed by atoms with Crippen LogP contribution >= 0.6 is 0 Å². The average molecular weight is 258 g/mol. The van der Waals surface area contributed by atoms with E-state index in [0.717, 1.165) is 25.7 Å². The fourth-order valence-electron chi connectivity index (χ4n) is 2.97. The van der Waals surface area contributed by atoms with E-state index in [2.05, 4.69) is 18.2 Å². The summed E-state index contributed by atoms with van der Waals surface area (Å²) in [4.78, 5) is 11.4. The van der Waals surface area contributed by atoms with E-state index in [4.69, 9.17) is 4.74 Å². The number of carbonyl (C=O) groups is 1. The van der Waals surface area contributed by atoms with Gasteiger partial charge in [-0.15, -0.1) is 0 Å². The summed E-state index contributed by atoms with van der Waals surface area (Å²) in [6, 6.07) is 6.69. The first kappa shape index (κ1) is 12.7. The zero-order valence-electron chi connectivity index (χ0n) is 11.5. The lowest BCUT2D eigenvalue weighted by atomic mass is 9.87. The highest BCUT2D eigenvalue weighted by atomic mass is 16.5. The zero-order valence-corrected chi connectivity index (χ0v) is 11.5. The molecule has 0 N–H and O–H groups in total. The van der Waals surface area contributed by atoms with Crippen LogP contribution in [0, 0.1) is 5.92 Å². The van der Waals surface area contributed by atoms with Gasteiger partial charge in [-0.3, -0.25) is 4.79 Å². The van der Waals surface area contributed by atoms with E-state index in [-0.39, 0.29) is 11.9 Å². The summed E-state index contributed by atoms with van der Waals surface area (Å²) in [6.45, 7) is 0.582. The Morgan fingerprint density at radius 1 is 1.21 bits per heavy atom. The predicted molar refractivity (Wildman–Crippen MR) is 75.1 cm³/mol. The maximum Gasteiger partial charge on any atom is 0.308 e. The van der Waals surface area contributed by atoms with Gasteiger partial charge in [0, 0.05) is 0 Å². The standard InChI is InChI=1S/C17H22O2/c18-17(15-10-11-15)19-12-4-8-14-7-3-6-13-5-1-2-9-16(13)14/h3,6-7,15H,1-2,4-5,8-12H2. The Balaban J connectivity index is 1.50. The van der Waals surface area contributed by atoms with Gasteiger partial charge in [-0.05, 0) is 68.1 Å². The molecule has 0 atom stereocenters. The number of hydrogen-bond acceptors (Lipinski definition) is 2. The molecule has 0 spiro atoms. The number of carbonyl (C=O) groups excluding carboxylic acids is 1. The van der Waals surface area contributed by atoms with Crippen LogP contribution in [0.3, 0.4) is 0 Å². The molecule has 0 amide bonds. The van der Waals surface area contributed by atoms with Crippen molar-refractivity contribution < 1.29 is 9.53 Å². The summed E-state index contributed by atoms with van der Waals surface area (Å²) in [5, 5.41) is 0. The van der Waals surface area contributed by atoms with Crippen molar-refractivity contribution in [1.29, 1.82) is 0 Å². The molecule has 19 heavy (non-hydrogen) atoms. The Morgan fingerprint density at radius 3 is 2.89 bits per heavy atom. The lowest BCUT2D eigenvalue weighted by molar-refractivity contribution is -0.145. The molecule has 2 nitrogen and oxygen atoms in total. The molecule has 0 heterocycles.